The van der Waals surface area contributed by atoms with Crippen molar-refractivity contribution in [2.45, 2.75) is 51.0 Å². The molecular formula is C14H26N2O3. The van der Waals surface area contributed by atoms with Crippen LogP contribution in [0.15, 0.2) is 16.6 Å². The van der Waals surface area contributed by atoms with Gasteiger partial charge < -0.3 is 15.3 Å². The number of piperidine rings is 1. The Kier molecular flexibility index (Phi) is 6.65. The van der Waals surface area contributed by atoms with Crippen LogP contribution in [0.2, 0.25) is 0 Å². The molecule has 0 aliphatic carbocycles. The summed E-state index contributed by atoms with van der Waals surface area (Å²) in [6, 6.07) is -0.125. The van der Waals surface area contributed by atoms with Gasteiger partial charge in [0, 0.05) is 25.8 Å². The highest BCUT2D eigenvalue weighted by molar-refractivity contribution is 5.71. The van der Waals surface area contributed by atoms with Crippen LogP contribution in [0.5, 0.6) is 0 Å². The van der Waals surface area contributed by atoms with Crippen molar-refractivity contribution >= 4 is 6.21 Å². The van der Waals surface area contributed by atoms with E-state index in [0.717, 1.165) is 19.4 Å². The molecule has 0 aromatic rings. The van der Waals surface area contributed by atoms with E-state index in [4.69, 9.17) is 0 Å². The zero-order chi connectivity index (χ0) is 14.4. The van der Waals surface area contributed by atoms with Gasteiger partial charge in [-0.2, -0.15) is 0 Å². The van der Waals surface area contributed by atoms with Crippen molar-refractivity contribution in [3.63, 3.8) is 0 Å². The third-order valence-electron chi connectivity index (χ3n) is 3.76. The fourth-order valence-electron chi connectivity index (χ4n) is 2.38. The molecule has 0 saturated carbocycles. The van der Waals surface area contributed by atoms with Crippen LogP contribution in [0, 0.1) is 0 Å². The zero-order valence-corrected chi connectivity index (χ0v) is 12.0. The molecule has 1 saturated heterocycles. The van der Waals surface area contributed by atoms with Crippen LogP contribution >= 0.6 is 0 Å². The minimum atomic E-state index is -1.03. The summed E-state index contributed by atoms with van der Waals surface area (Å²) in [6.07, 6.45) is 2.91. The van der Waals surface area contributed by atoms with Crippen molar-refractivity contribution < 1.29 is 15.3 Å². The number of hydrogen-bond acceptors (Lipinski definition) is 5. The van der Waals surface area contributed by atoms with Crippen molar-refractivity contribution in [1.29, 1.82) is 0 Å². The van der Waals surface area contributed by atoms with Gasteiger partial charge in [0.15, 0.2) is 0 Å². The molecule has 110 valence electrons. The Labute approximate surface area is 115 Å². The Morgan fingerprint density at radius 2 is 2.00 bits per heavy atom. The van der Waals surface area contributed by atoms with E-state index in [9.17, 15) is 15.3 Å². The number of aliphatic hydroxyl groups is 3. The van der Waals surface area contributed by atoms with E-state index < -0.39 is 18.3 Å². The Balaban J connectivity index is 2.40. The quantitative estimate of drug-likeness (QED) is 0.624. The van der Waals surface area contributed by atoms with Crippen molar-refractivity contribution in [2.75, 3.05) is 20.1 Å². The maximum absolute atomic E-state index is 9.83. The Hall–Kier alpha value is -0.750. The monoisotopic (exact) mass is 270 g/mol. The van der Waals surface area contributed by atoms with Gasteiger partial charge in [0.1, 0.15) is 6.10 Å². The third kappa shape index (κ3) is 4.69. The molecule has 1 aliphatic rings. The van der Waals surface area contributed by atoms with E-state index in [2.05, 4.69) is 11.9 Å². The van der Waals surface area contributed by atoms with Crippen LogP contribution in [0.4, 0.5) is 0 Å². The van der Waals surface area contributed by atoms with E-state index >= 15 is 0 Å². The third-order valence-corrected chi connectivity index (χ3v) is 3.76. The number of aliphatic hydroxyl groups excluding tert-OH is 3. The summed E-state index contributed by atoms with van der Waals surface area (Å²) in [7, 11) is 1.74. The number of hydrogen-bond donors (Lipinski definition) is 3. The Bertz CT molecular complexity index is 331. The highest BCUT2D eigenvalue weighted by Gasteiger charge is 2.38. The maximum Gasteiger partial charge on any atom is 0.108 e. The molecule has 1 rings (SSSR count). The minimum absolute atomic E-state index is 0.125. The van der Waals surface area contributed by atoms with Gasteiger partial charge in [-0.3, -0.25) is 9.89 Å². The summed E-state index contributed by atoms with van der Waals surface area (Å²) in [6.45, 7) is 5.16. The summed E-state index contributed by atoms with van der Waals surface area (Å²) >= 11 is 0. The fraction of sp³-hybridized carbons (Fsp3) is 0.786. The van der Waals surface area contributed by atoms with Crippen LogP contribution in [0.3, 0.4) is 0 Å². The predicted molar refractivity (Wildman–Crippen MR) is 76.5 cm³/mol. The van der Waals surface area contributed by atoms with Crippen LogP contribution in [-0.2, 0) is 0 Å². The van der Waals surface area contributed by atoms with Crippen LogP contribution < -0.4 is 0 Å². The lowest BCUT2D eigenvalue weighted by Gasteiger charge is -2.42. The van der Waals surface area contributed by atoms with E-state index in [0.29, 0.717) is 6.54 Å². The second-order valence-electron chi connectivity index (χ2n) is 5.31. The van der Waals surface area contributed by atoms with Gasteiger partial charge in [-0.15, -0.1) is 0 Å². The largest absolute Gasteiger partial charge is 0.389 e. The topological polar surface area (TPSA) is 76.3 Å². The lowest BCUT2D eigenvalue weighted by Crippen LogP contribution is -2.60. The first kappa shape index (κ1) is 16.3. The number of rotatable bonds is 5. The molecule has 5 nitrogen and oxygen atoms in total. The first-order chi connectivity index (χ1) is 8.97. The molecule has 3 N–H and O–H groups in total. The number of likely N-dealkylation sites (tertiary alicyclic amines) is 1. The van der Waals surface area contributed by atoms with Crippen molar-refractivity contribution in [2.24, 2.45) is 4.99 Å². The molecule has 19 heavy (non-hydrogen) atoms. The summed E-state index contributed by atoms with van der Waals surface area (Å²) < 4.78 is 0. The molecule has 0 unspecified atom stereocenters. The molecule has 1 aliphatic heterocycles. The normalized spacial score (nSPS) is 34.1. The molecule has 0 spiro atoms. The van der Waals surface area contributed by atoms with Gasteiger partial charge in [0.2, 0.25) is 0 Å². The van der Waals surface area contributed by atoms with E-state index in [1.807, 2.05) is 17.9 Å². The van der Waals surface area contributed by atoms with Gasteiger partial charge in [0.05, 0.1) is 12.2 Å². The van der Waals surface area contributed by atoms with Gasteiger partial charge in [-0.25, -0.2) is 0 Å². The van der Waals surface area contributed by atoms with E-state index in [1.54, 1.807) is 13.3 Å². The molecule has 0 amide bonds. The first-order valence-electron chi connectivity index (χ1n) is 6.83. The molecule has 5 heteroatoms. The minimum Gasteiger partial charge on any atom is -0.389 e. The van der Waals surface area contributed by atoms with Crippen molar-refractivity contribution in [3.05, 3.63) is 11.6 Å². The average Bonchev–Trinajstić information content (AvgIpc) is 2.39. The van der Waals surface area contributed by atoms with Crippen molar-refractivity contribution in [3.8, 4) is 0 Å². The number of β-amino-alcohol motifs (C(OH)–C–C–N with tert-alkyl or cyclic N) is 1. The summed E-state index contributed by atoms with van der Waals surface area (Å²) in [5.41, 5.74) is 1.26. The van der Waals surface area contributed by atoms with E-state index in [-0.39, 0.29) is 6.04 Å². The van der Waals surface area contributed by atoms with Gasteiger partial charge in [-0.1, -0.05) is 5.57 Å². The smallest absolute Gasteiger partial charge is 0.108 e. The molecule has 0 aromatic carbocycles. The summed E-state index contributed by atoms with van der Waals surface area (Å²) in [4.78, 5) is 5.94. The van der Waals surface area contributed by atoms with Gasteiger partial charge >= 0.3 is 0 Å². The summed E-state index contributed by atoms with van der Waals surface area (Å²) in [5, 5.41) is 29.1. The molecule has 0 aromatic heterocycles. The molecule has 4 atom stereocenters. The molecule has 0 radical (unpaired) electrons. The highest BCUT2D eigenvalue weighted by atomic mass is 16.4. The molecule has 0 bridgehead atoms. The predicted octanol–water partition coefficient (Wildman–Crippen LogP) is 0.200. The van der Waals surface area contributed by atoms with Gasteiger partial charge in [0.25, 0.3) is 0 Å². The first-order valence-corrected chi connectivity index (χ1v) is 6.83. The molecule has 1 heterocycles. The molecule has 1 fully saturated rings. The average molecular weight is 270 g/mol. The zero-order valence-electron chi connectivity index (χ0n) is 12.0. The van der Waals surface area contributed by atoms with Crippen LogP contribution in [0.25, 0.3) is 0 Å². The number of aliphatic imine (C=N–C) groups is 1. The maximum atomic E-state index is 9.83. The second kappa shape index (κ2) is 7.75. The SMILES string of the molecule is CN=C/C=C(\C)CCCN1C[C@H](O)[C@@H](O)[C@H](O)[C@H]1C. The van der Waals surface area contributed by atoms with Gasteiger partial charge in [-0.05, 0) is 39.3 Å². The Morgan fingerprint density at radius 1 is 1.32 bits per heavy atom. The van der Waals surface area contributed by atoms with Crippen LogP contribution in [-0.4, -0.2) is 70.9 Å². The number of allylic oxidation sites excluding steroid dienone is 2. The summed E-state index contributed by atoms with van der Waals surface area (Å²) in [5.74, 6) is 0. The van der Waals surface area contributed by atoms with Crippen LogP contribution in [0.1, 0.15) is 26.7 Å². The Morgan fingerprint density at radius 3 is 2.63 bits per heavy atom. The second-order valence-corrected chi connectivity index (χ2v) is 5.31. The lowest BCUT2D eigenvalue weighted by atomic mass is 9.94. The van der Waals surface area contributed by atoms with E-state index in [1.165, 1.54) is 5.57 Å². The fourth-order valence-corrected chi connectivity index (χ4v) is 2.38. The standard InChI is InChI=1S/C14H26N2O3/c1-10(6-7-15-3)5-4-8-16-9-12(17)14(19)13(18)11(16)2/h6-7,11-14,17-19H,4-5,8-9H2,1-3H3/b10-6+,15-7?/t11-,12+,13-,14-/m1/s1. The lowest BCUT2D eigenvalue weighted by molar-refractivity contribution is -0.133. The highest BCUT2D eigenvalue weighted by Crippen LogP contribution is 2.19. The van der Waals surface area contributed by atoms with Crippen molar-refractivity contribution in [1.82, 2.24) is 4.90 Å². The molecular weight excluding hydrogens is 244 g/mol. The number of nitrogens with zero attached hydrogens (tertiary/aromatic N) is 2.